The van der Waals surface area contributed by atoms with Crippen LogP contribution in [0.25, 0.3) is 22.1 Å². The Bertz CT molecular complexity index is 1960. The number of hydrogen-bond acceptors (Lipinski definition) is 11. The number of carbonyl (C=O) groups excluding carboxylic acids is 1. The number of aromatic amines is 1. The number of carboxylic acids is 1. The van der Waals surface area contributed by atoms with Gasteiger partial charge in [-0.1, -0.05) is 0 Å². The third kappa shape index (κ3) is 5.36. The van der Waals surface area contributed by atoms with Crippen molar-refractivity contribution in [1.82, 2.24) is 29.0 Å². The number of aromatic carboxylic acids is 1. The number of nitrogens with one attached hydrogen (secondary N) is 1. The Hall–Kier alpha value is -4.83. The van der Waals surface area contributed by atoms with Crippen LogP contribution < -0.4 is 20.6 Å². The second kappa shape index (κ2) is 11.8. The number of esters is 1. The van der Waals surface area contributed by atoms with Crippen molar-refractivity contribution in [2.24, 2.45) is 0 Å². The van der Waals surface area contributed by atoms with Gasteiger partial charge >= 0.3 is 11.9 Å². The monoisotopic (exact) mass is 637 g/mol. The largest absolute Gasteiger partial charge is 0.492 e. The van der Waals surface area contributed by atoms with Gasteiger partial charge in [-0.25, -0.2) is 19.2 Å². The molecule has 0 radical (unpaired) electrons. The summed E-state index contributed by atoms with van der Waals surface area (Å²) in [6, 6.07) is 1.11. The molecule has 2 saturated heterocycles. The lowest BCUT2D eigenvalue weighted by Crippen LogP contribution is -2.48. The molecule has 0 spiro atoms. The van der Waals surface area contributed by atoms with Crippen molar-refractivity contribution in [3.63, 3.8) is 0 Å². The summed E-state index contributed by atoms with van der Waals surface area (Å²) in [5.41, 5.74) is -0.251. The van der Waals surface area contributed by atoms with Gasteiger partial charge in [0.2, 0.25) is 5.43 Å². The number of aromatic nitrogens is 5. The summed E-state index contributed by atoms with van der Waals surface area (Å²) in [7, 11) is 1.41. The number of ether oxygens (including phenoxy) is 3. The fraction of sp³-hybridized carbons (Fsp3) is 0.467. The number of H-pyrrole nitrogens is 1. The first kappa shape index (κ1) is 29.9. The number of piperazine rings is 1. The first-order valence-electron chi connectivity index (χ1n) is 15.1. The standard InChI is InChI=1S/C30H32FN7O8/c1-44-27-24-18(26(40)19(30(42)43)11-37(24)16-2-3-16)10-20(31)25(27)36-8-6-35(7-9-36)12-22(39)45-13-17-4-5-21(46-17)38-15-34-23-28(38)32-14-33-29(23)41/h10-11,14-17,21H,2-9,12-13H2,1H3,(H,42,43)(H,32,33,41)/t17-,21+/m0/s1. The highest BCUT2D eigenvalue weighted by atomic mass is 19.1. The minimum Gasteiger partial charge on any atom is -0.492 e. The van der Waals surface area contributed by atoms with E-state index in [4.69, 9.17) is 14.2 Å². The predicted molar refractivity (Wildman–Crippen MR) is 161 cm³/mol. The maximum atomic E-state index is 15.6. The van der Waals surface area contributed by atoms with E-state index in [2.05, 4.69) is 15.0 Å². The van der Waals surface area contributed by atoms with Crippen LogP contribution in [-0.2, 0) is 14.3 Å². The Morgan fingerprint density at radius 1 is 1.11 bits per heavy atom. The summed E-state index contributed by atoms with van der Waals surface area (Å²) in [6.45, 7) is 1.81. The van der Waals surface area contributed by atoms with E-state index in [9.17, 15) is 24.3 Å². The molecule has 2 N–H and O–H groups in total. The van der Waals surface area contributed by atoms with Crippen molar-refractivity contribution < 1.29 is 33.3 Å². The van der Waals surface area contributed by atoms with E-state index in [0.29, 0.717) is 50.2 Å². The lowest BCUT2D eigenvalue weighted by atomic mass is 10.1. The zero-order valence-electron chi connectivity index (χ0n) is 25.0. The van der Waals surface area contributed by atoms with E-state index < -0.39 is 28.7 Å². The van der Waals surface area contributed by atoms with E-state index in [0.717, 1.165) is 18.9 Å². The number of fused-ring (bicyclic) bond motifs is 2. The molecule has 2 atom stereocenters. The van der Waals surface area contributed by atoms with Crippen molar-refractivity contribution in [2.75, 3.05) is 51.3 Å². The number of anilines is 1. The second-order valence-electron chi connectivity index (χ2n) is 11.7. The molecule has 3 aromatic heterocycles. The molecule has 3 fully saturated rings. The molecule has 1 saturated carbocycles. The Balaban J connectivity index is 0.977. The van der Waals surface area contributed by atoms with Crippen LogP contribution in [0.5, 0.6) is 5.75 Å². The molecule has 5 heterocycles. The highest BCUT2D eigenvalue weighted by molar-refractivity contribution is 5.97. The van der Waals surface area contributed by atoms with Crippen molar-refractivity contribution in [1.29, 1.82) is 0 Å². The fourth-order valence-corrected chi connectivity index (χ4v) is 6.36. The number of benzene rings is 1. The van der Waals surface area contributed by atoms with Gasteiger partial charge in [-0.05, 0) is 31.7 Å². The zero-order chi connectivity index (χ0) is 32.1. The van der Waals surface area contributed by atoms with Gasteiger partial charge in [0.1, 0.15) is 24.1 Å². The molecule has 242 valence electrons. The predicted octanol–water partition coefficient (Wildman–Crippen LogP) is 1.66. The normalized spacial score (nSPS) is 20.4. The summed E-state index contributed by atoms with van der Waals surface area (Å²) in [6.07, 6.45) is 6.42. The molecule has 2 aliphatic heterocycles. The van der Waals surface area contributed by atoms with Crippen LogP contribution in [0, 0.1) is 5.82 Å². The van der Waals surface area contributed by atoms with Gasteiger partial charge in [0.15, 0.2) is 22.7 Å². The summed E-state index contributed by atoms with van der Waals surface area (Å²) < 4.78 is 36.3. The zero-order valence-corrected chi connectivity index (χ0v) is 25.0. The molecule has 0 amide bonds. The number of pyridine rings is 1. The molecule has 15 nitrogen and oxygen atoms in total. The number of halogens is 1. The third-order valence-electron chi connectivity index (χ3n) is 8.80. The second-order valence-corrected chi connectivity index (χ2v) is 11.7. The van der Waals surface area contributed by atoms with Crippen LogP contribution in [0.1, 0.15) is 48.3 Å². The van der Waals surface area contributed by atoms with Gasteiger partial charge < -0.3 is 33.8 Å². The molecule has 4 aromatic rings. The van der Waals surface area contributed by atoms with Crippen LogP contribution in [0.3, 0.4) is 0 Å². The van der Waals surface area contributed by atoms with Crippen LogP contribution in [0.2, 0.25) is 0 Å². The number of rotatable bonds is 9. The first-order chi connectivity index (χ1) is 22.2. The number of carboxylic acid groups (broad SMARTS) is 1. The summed E-state index contributed by atoms with van der Waals surface area (Å²) in [5, 5.41) is 9.53. The number of nitrogens with zero attached hydrogens (tertiary/aromatic N) is 6. The average molecular weight is 638 g/mol. The van der Waals surface area contributed by atoms with Crippen LogP contribution in [-0.4, -0.2) is 98.6 Å². The van der Waals surface area contributed by atoms with Gasteiger partial charge in [0.05, 0.1) is 43.3 Å². The van der Waals surface area contributed by atoms with Crippen molar-refractivity contribution in [3.05, 3.63) is 56.9 Å². The topological polar surface area (TPSA) is 174 Å². The molecule has 0 unspecified atom stereocenters. The van der Waals surface area contributed by atoms with Crippen LogP contribution >= 0.6 is 0 Å². The van der Waals surface area contributed by atoms with Crippen molar-refractivity contribution in [2.45, 2.75) is 44.1 Å². The smallest absolute Gasteiger partial charge is 0.341 e. The van der Waals surface area contributed by atoms with Gasteiger partial charge in [-0.2, -0.15) is 0 Å². The van der Waals surface area contributed by atoms with Gasteiger partial charge in [-0.15, -0.1) is 0 Å². The molecule has 1 aliphatic carbocycles. The number of imidazole rings is 1. The van der Waals surface area contributed by atoms with Gasteiger partial charge in [0.25, 0.3) is 5.56 Å². The third-order valence-corrected chi connectivity index (χ3v) is 8.80. The van der Waals surface area contributed by atoms with Crippen molar-refractivity contribution >= 4 is 39.7 Å². The Labute approximate surface area is 260 Å². The molecule has 0 bridgehead atoms. The lowest BCUT2D eigenvalue weighted by molar-refractivity contribution is -0.149. The van der Waals surface area contributed by atoms with Crippen molar-refractivity contribution in [3.8, 4) is 5.75 Å². The molecular weight excluding hydrogens is 605 g/mol. The molecule has 1 aromatic carbocycles. The minimum atomic E-state index is -1.36. The number of carbonyl (C=O) groups is 2. The molecule has 7 rings (SSSR count). The SMILES string of the molecule is COc1c(N2CCN(CC(=O)OC[C@@H]3CC[C@H](n4cnc5c(=O)[nH]cnc54)O3)CC2)c(F)cc2c(=O)c(C(=O)O)cn(C3CC3)c12. The van der Waals surface area contributed by atoms with E-state index in [1.165, 1.54) is 26.0 Å². The summed E-state index contributed by atoms with van der Waals surface area (Å²) >= 11 is 0. The van der Waals surface area contributed by atoms with E-state index in [1.54, 1.807) is 9.13 Å². The summed E-state index contributed by atoms with van der Waals surface area (Å²) in [5.74, 6) is -2.26. The molecular formula is C30H32FN7O8. The Morgan fingerprint density at radius 2 is 1.89 bits per heavy atom. The quantitative estimate of drug-likeness (QED) is 0.255. The van der Waals surface area contributed by atoms with E-state index in [1.807, 2.05) is 9.80 Å². The maximum Gasteiger partial charge on any atom is 0.341 e. The highest BCUT2D eigenvalue weighted by Crippen LogP contribution is 2.43. The fourth-order valence-electron chi connectivity index (χ4n) is 6.36. The highest BCUT2D eigenvalue weighted by Gasteiger charge is 2.33. The molecule has 16 heteroatoms. The first-order valence-corrected chi connectivity index (χ1v) is 15.1. The Morgan fingerprint density at radius 3 is 2.61 bits per heavy atom. The molecule has 46 heavy (non-hydrogen) atoms. The van der Waals surface area contributed by atoms with Crippen LogP contribution in [0.15, 0.2) is 34.5 Å². The lowest BCUT2D eigenvalue weighted by Gasteiger charge is -2.36. The van der Waals surface area contributed by atoms with E-state index in [-0.39, 0.29) is 59.4 Å². The summed E-state index contributed by atoms with van der Waals surface area (Å²) in [4.78, 5) is 63.9. The average Bonchev–Trinajstić information content (AvgIpc) is 3.61. The number of hydrogen-bond donors (Lipinski definition) is 2. The maximum absolute atomic E-state index is 15.6. The Kier molecular flexibility index (Phi) is 7.68. The minimum absolute atomic E-state index is 0.00498. The molecule has 3 aliphatic rings. The van der Waals surface area contributed by atoms with E-state index >= 15 is 4.39 Å². The number of methoxy groups -OCH3 is 1. The van der Waals surface area contributed by atoms with Crippen LogP contribution in [0.4, 0.5) is 10.1 Å². The van der Waals surface area contributed by atoms with Gasteiger partial charge in [-0.3, -0.25) is 23.9 Å². The van der Waals surface area contributed by atoms with Gasteiger partial charge in [0, 0.05) is 38.4 Å².